The molecule has 6 heteroatoms. The van der Waals surface area contributed by atoms with Gasteiger partial charge in [-0.15, -0.1) is 0 Å². The zero-order chi connectivity index (χ0) is 15.8. The minimum Gasteiger partial charge on any atom is -0.392 e. The van der Waals surface area contributed by atoms with Crippen LogP contribution < -0.4 is 0 Å². The molecule has 0 aliphatic carbocycles. The van der Waals surface area contributed by atoms with Gasteiger partial charge in [0.15, 0.2) is 0 Å². The molecule has 1 heterocycles. The van der Waals surface area contributed by atoms with Gasteiger partial charge in [0.1, 0.15) is 0 Å². The molecule has 1 rings (SSSR count). The monoisotopic (exact) mass is 303 g/mol. The lowest BCUT2D eigenvalue weighted by Gasteiger charge is -2.36. The second kappa shape index (κ2) is 9.71. The van der Waals surface area contributed by atoms with Gasteiger partial charge in [-0.3, -0.25) is 14.7 Å². The zero-order valence-electron chi connectivity index (χ0n) is 13.8. The van der Waals surface area contributed by atoms with Crippen LogP contribution in [0.1, 0.15) is 20.8 Å². The van der Waals surface area contributed by atoms with Crippen LogP contribution in [0.3, 0.4) is 0 Å². The van der Waals surface area contributed by atoms with Gasteiger partial charge < -0.3 is 15.3 Å². The second-order valence-electron chi connectivity index (χ2n) is 6.45. The number of β-amino-alcohol motifs (C(OH)–C–C–N with tert-alkyl or cyclic N) is 1. The molecule has 1 aliphatic heterocycles. The number of piperazine rings is 1. The first-order valence-electron chi connectivity index (χ1n) is 8.08. The van der Waals surface area contributed by atoms with Crippen molar-refractivity contribution in [3.63, 3.8) is 0 Å². The van der Waals surface area contributed by atoms with Crippen LogP contribution in [0.15, 0.2) is 0 Å². The summed E-state index contributed by atoms with van der Waals surface area (Å²) >= 11 is 0. The third-order valence-electron chi connectivity index (χ3n) is 3.76. The fraction of sp³-hybridized carbons (Fsp3) is 1.00. The highest BCUT2D eigenvalue weighted by molar-refractivity contribution is 4.75. The Kier molecular flexibility index (Phi) is 8.70. The smallest absolute Gasteiger partial charge is 0.0639 e. The molecule has 1 fully saturated rings. The van der Waals surface area contributed by atoms with Gasteiger partial charge in [-0.2, -0.15) is 0 Å². The predicted molar refractivity (Wildman–Crippen MR) is 84.4 cm³/mol. The summed E-state index contributed by atoms with van der Waals surface area (Å²) in [5.41, 5.74) is 0. The Labute approximate surface area is 129 Å². The van der Waals surface area contributed by atoms with Crippen molar-refractivity contribution in [2.45, 2.75) is 39.1 Å². The maximum absolute atomic E-state index is 9.52. The number of rotatable bonds is 9. The van der Waals surface area contributed by atoms with Gasteiger partial charge in [0.25, 0.3) is 0 Å². The van der Waals surface area contributed by atoms with Gasteiger partial charge in [-0.1, -0.05) is 0 Å². The molecular weight excluding hydrogens is 270 g/mol. The number of aliphatic hydroxyl groups is 3. The fourth-order valence-electron chi connectivity index (χ4n) is 2.86. The number of aliphatic hydroxyl groups excluding tert-OH is 3. The quantitative estimate of drug-likeness (QED) is 0.510. The first-order valence-corrected chi connectivity index (χ1v) is 8.08. The Bertz CT molecular complexity index is 257. The van der Waals surface area contributed by atoms with Crippen molar-refractivity contribution in [1.82, 2.24) is 14.7 Å². The number of hydrogen-bond donors (Lipinski definition) is 3. The average Bonchev–Trinajstić information content (AvgIpc) is 2.35. The van der Waals surface area contributed by atoms with E-state index in [2.05, 4.69) is 14.7 Å². The van der Waals surface area contributed by atoms with Gasteiger partial charge in [-0.05, 0) is 20.8 Å². The maximum Gasteiger partial charge on any atom is 0.0639 e. The highest BCUT2D eigenvalue weighted by atomic mass is 16.3. The second-order valence-corrected chi connectivity index (χ2v) is 6.45. The molecule has 6 nitrogen and oxygen atoms in total. The molecule has 3 atom stereocenters. The Morgan fingerprint density at radius 2 is 1.29 bits per heavy atom. The van der Waals surface area contributed by atoms with Crippen molar-refractivity contribution >= 4 is 0 Å². The minimum atomic E-state index is -0.369. The largest absolute Gasteiger partial charge is 0.392 e. The van der Waals surface area contributed by atoms with Crippen LogP contribution in [0.25, 0.3) is 0 Å². The van der Waals surface area contributed by atoms with E-state index in [0.29, 0.717) is 13.1 Å². The Morgan fingerprint density at radius 1 is 0.810 bits per heavy atom. The van der Waals surface area contributed by atoms with E-state index >= 15 is 0 Å². The summed E-state index contributed by atoms with van der Waals surface area (Å²) in [6.45, 7) is 13.2. The molecule has 0 aromatic heterocycles. The van der Waals surface area contributed by atoms with E-state index in [0.717, 1.165) is 45.8 Å². The molecule has 0 amide bonds. The Hall–Kier alpha value is -0.240. The van der Waals surface area contributed by atoms with E-state index in [1.54, 1.807) is 13.8 Å². The summed E-state index contributed by atoms with van der Waals surface area (Å²) in [4.78, 5) is 6.83. The molecular formula is C15H33N3O3. The molecule has 21 heavy (non-hydrogen) atoms. The summed E-state index contributed by atoms with van der Waals surface area (Å²) < 4.78 is 0. The van der Waals surface area contributed by atoms with E-state index in [1.165, 1.54) is 0 Å². The topological polar surface area (TPSA) is 70.4 Å². The van der Waals surface area contributed by atoms with Crippen molar-refractivity contribution < 1.29 is 15.3 Å². The van der Waals surface area contributed by atoms with Gasteiger partial charge >= 0.3 is 0 Å². The van der Waals surface area contributed by atoms with Crippen LogP contribution in [0.5, 0.6) is 0 Å². The van der Waals surface area contributed by atoms with Gasteiger partial charge in [0.2, 0.25) is 0 Å². The normalized spacial score (nSPS) is 22.4. The van der Waals surface area contributed by atoms with Crippen molar-refractivity contribution in [3.8, 4) is 0 Å². The minimum absolute atomic E-state index is 0.260. The van der Waals surface area contributed by atoms with Gasteiger partial charge in [0.05, 0.1) is 18.3 Å². The van der Waals surface area contributed by atoms with E-state index in [9.17, 15) is 15.3 Å². The maximum atomic E-state index is 9.52. The molecule has 0 unspecified atom stereocenters. The van der Waals surface area contributed by atoms with Crippen LogP contribution in [0.2, 0.25) is 0 Å². The third-order valence-corrected chi connectivity index (χ3v) is 3.76. The third kappa shape index (κ3) is 8.70. The lowest BCUT2D eigenvalue weighted by molar-refractivity contribution is 0.0579. The van der Waals surface area contributed by atoms with Crippen LogP contribution in [0.4, 0.5) is 0 Å². The standard InChI is InChI=1S/C15H33N3O3/c1-13(19)10-17-7-4-16(5-8-17)6-9-18(11-14(2)20)12-15(3)21/h13-15,19-21H,4-12H2,1-3H3/t13-,14-,15+/m1/s1. The summed E-state index contributed by atoms with van der Waals surface area (Å²) in [5.74, 6) is 0. The molecule has 126 valence electrons. The van der Waals surface area contributed by atoms with Gasteiger partial charge in [0, 0.05) is 58.9 Å². The molecule has 0 saturated carbocycles. The number of nitrogens with zero attached hydrogens (tertiary/aromatic N) is 3. The van der Waals surface area contributed by atoms with Gasteiger partial charge in [-0.25, -0.2) is 0 Å². The molecule has 1 saturated heterocycles. The molecule has 0 bridgehead atoms. The van der Waals surface area contributed by atoms with E-state index in [1.807, 2.05) is 6.92 Å². The first kappa shape index (κ1) is 18.8. The summed E-state index contributed by atoms with van der Waals surface area (Å²) in [6.07, 6.45) is -0.998. The average molecular weight is 303 g/mol. The van der Waals surface area contributed by atoms with Crippen LogP contribution in [-0.2, 0) is 0 Å². The molecule has 0 aromatic rings. The lowest BCUT2D eigenvalue weighted by atomic mass is 10.2. The predicted octanol–water partition coefficient (Wildman–Crippen LogP) is -0.952. The molecule has 0 aromatic carbocycles. The SMILES string of the molecule is C[C@H](O)CN(CCN1CCN(C[C@@H](C)O)CC1)C[C@@H](C)O. The Morgan fingerprint density at radius 3 is 1.71 bits per heavy atom. The van der Waals surface area contributed by atoms with Crippen molar-refractivity contribution in [2.24, 2.45) is 0 Å². The molecule has 1 aliphatic rings. The van der Waals surface area contributed by atoms with Crippen LogP contribution in [-0.4, -0.2) is 107 Å². The highest BCUT2D eigenvalue weighted by Crippen LogP contribution is 2.04. The van der Waals surface area contributed by atoms with Crippen LogP contribution >= 0.6 is 0 Å². The van der Waals surface area contributed by atoms with E-state index in [4.69, 9.17) is 0 Å². The van der Waals surface area contributed by atoms with Crippen molar-refractivity contribution in [2.75, 3.05) is 58.9 Å². The lowest BCUT2D eigenvalue weighted by Crippen LogP contribution is -2.50. The summed E-state index contributed by atoms with van der Waals surface area (Å²) in [7, 11) is 0. The van der Waals surface area contributed by atoms with E-state index in [-0.39, 0.29) is 18.3 Å². The summed E-state index contributed by atoms with van der Waals surface area (Å²) in [5, 5.41) is 28.5. The van der Waals surface area contributed by atoms with Crippen molar-refractivity contribution in [1.29, 1.82) is 0 Å². The molecule has 3 N–H and O–H groups in total. The van der Waals surface area contributed by atoms with Crippen molar-refractivity contribution in [3.05, 3.63) is 0 Å². The first-order chi connectivity index (χ1) is 9.86. The highest BCUT2D eigenvalue weighted by Gasteiger charge is 2.19. The van der Waals surface area contributed by atoms with E-state index < -0.39 is 0 Å². The van der Waals surface area contributed by atoms with Crippen LogP contribution in [0, 0.1) is 0 Å². The summed E-state index contributed by atoms with van der Waals surface area (Å²) in [6, 6.07) is 0. The molecule has 0 radical (unpaired) electrons. The zero-order valence-corrected chi connectivity index (χ0v) is 13.8. The Balaban J connectivity index is 2.26. The molecule has 0 spiro atoms. The number of hydrogen-bond acceptors (Lipinski definition) is 6. The fourth-order valence-corrected chi connectivity index (χ4v) is 2.86.